The second-order valence-corrected chi connectivity index (χ2v) is 4.59. The number of hydrogen-bond donors (Lipinski definition) is 1. The molecule has 0 saturated heterocycles. The molecule has 2 nitrogen and oxygen atoms in total. The van der Waals surface area contributed by atoms with E-state index in [1.54, 1.807) is 0 Å². The van der Waals surface area contributed by atoms with Gasteiger partial charge in [-0.25, -0.2) is 4.98 Å². The maximum absolute atomic E-state index is 5.64. The number of nitrogens with zero attached hydrogens (tertiary/aromatic N) is 1. The lowest BCUT2D eigenvalue weighted by molar-refractivity contribution is 0.931. The van der Waals surface area contributed by atoms with Crippen molar-refractivity contribution in [2.45, 2.75) is 12.8 Å². The highest BCUT2D eigenvalue weighted by Gasteiger charge is 2.01. The minimum atomic E-state index is 0.634. The molecule has 0 unspecified atom stereocenters. The van der Waals surface area contributed by atoms with Crippen molar-refractivity contribution >= 4 is 38.3 Å². The van der Waals surface area contributed by atoms with Crippen LogP contribution in [0, 0.1) is 0 Å². The average molecular weight is 227 g/mol. The van der Waals surface area contributed by atoms with Gasteiger partial charge >= 0.3 is 0 Å². The van der Waals surface area contributed by atoms with Crippen LogP contribution in [0.25, 0.3) is 10.2 Å². The minimum Gasteiger partial charge on any atom is -0.375 e. The zero-order valence-corrected chi connectivity index (χ0v) is 9.24. The molecule has 0 atom stereocenters. The van der Waals surface area contributed by atoms with Gasteiger partial charge in [-0.05, 0) is 30.5 Å². The number of nitrogen functional groups attached to an aromatic ring is 1. The standard InChI is InChI=1S/C10H11ClN2S/c11-5-1-2-7-3-4-8-9(6-7)14-10(12)13-8/h3-4,6H,1-2,5H2,(H2,12,13). The lowest BCUT2D eigenvalue weighted by Gasteiger charge is -1.97. The maximum Gasteiger partial charge on any atom is 0.181 e. The third-order valence-corrected chi connectivity index (χ3v) is 3.18. The predicted octanol–water partition coefficient (Wildman–Crippen LogP) is 3.05. The van der Waals surface area contributed by atoms with Crippen LogP contribution in [-0.2, 0) is 6.42 Å². The first-order valence-corrected chi connectivity index (χ1v) is 5.85. The molecule has 1 aromatic heterocycles. The second-order valence-electron chi connectivity index (χ2n) is 3.15. The number of alkyl halides is 1. The molecule has 2 N–H and O–H groups in total. The summed E-state index contributed by atoms with van der Waals surface area (Å²) >= 11 is 7.18. The number of benzene rings is 1. The van der Waals surface area contributed by atoms with Crippen molar-refractivity contribution in [3.05, 3.63) is 23.8 Å². The van der Waals surface area contributed by atoms with Crippen LogP contribution in [0.4, 0.5) is 5.13 Å². The number of thiazole rings is 1. The SMILES string of the molecule is Nc1nc2ccc(CCCCl)cc2s1. The van der Waals surface area contributed by atoms with Crippen LogP contribution in [0.1, 0.15) is 12.0 Å². The van der Waals surface area contributed by atoms with Crippen LogP contribution in [0.15, 0.2) is 18.2 Å². The van der Waals surface area contributed by atoms with Gasteiger partial charge in [-0.2, -0.15) is 0 Å². The summed E-state index contributed by atoms with van der Waals surface area (Å²) in [6.07, 6.45) is 2.04. The first kappa shape index (κ1) is 9.74. The third kappa shape index (κ3) is 1.99. The van der Waals surface area contributed by atoms with Gasteiger partial charge in [-0.3, -0.25) is 0 Å². The molecule has 74 valence electrons. The highest BCUT2D eigenvalue weighted by molar-refractivity contribution is 7.22. The average Bonchev–Trinajstić information content (AvgIpc) is 2.54. The first-order valence-electron chi connectivity index (χ1n) is 4.50. The minimum absolute atomic E-state index is 0.634. The normalized spacial score (nSPS) is 10.9. The van der Waals surface area contributed by atoms with Gasteiger partial charge in [-0.15, -0.1) is 11.6 Å². The summed E-state index contributed by atoms with van der Waals surface area (Å²) in [5.41, 5.74) is 7.92. The lowest BCUT2D eigenvalue weighted by atomic mass is 10.1. The third-order valence-electron chi connectivity index (χ3n) is 2.07. The van der Waals surface area contributed by atoms with Crippen LogP contribution in [0.2, 0.25) is 0 Å². The molecule has 0 spiro atoms. The Bertz CT molecular complexity index is 439. The van der Waals surface area contributed by atoms with E-state index in [2.05, 4.69) is 17.1 Å². The van der Waals surface area contributed by atoms with Gasteiger partial charge in [0.2, 0.25) is 0 Å². The summed E-state index contributed by atoms with van der Waals surface area (Å²) in [5, 5.41) is 0.634. The fourth-order valence-electron chi connectivity index (χ4n) is 1.41. The summed E-state index contributed by atoms with van der Waals surface area (Å²) in [7, 11) is 0. The van der Waals surface area contributed by atoms with E-state index in [-0.39, 0.29) is 0 Å². The van der Waals surface area contributed by atoms with E-state index in [0.29, 0.717) is 11.0 Å². The molecule has 1 heterocycles. The van der Waals surface area contributed by atoms with Crippen molar-refractivity contribution in [3.8, 4) is 0 Å². The molecule has 0 fully saturated rings. The van der Waals surface area contributed by atoms with E-state index < -0.39 is 0 Å². The zero-order valence-electron chi connectivity index (χ0n) is 7.66. The van der Waals surface area contributed by atoms with Gasteiger partial charge < -0.3 is 5.73 Å². The van der Waals surface area contributed by atoms with Gasteiger partial charge in [0, 0.05) is 5.88 Å². The van der Waals surface area contributed by atoms with Gasteiger partial charge in [0.15, 0.2) is 5.13 Å². The Balaban J connectivity index is 2.31. The molecule has 0 bridgehead atoms. The van der Waals surface area contributed by atoms with Crippen LogP contribution >= 0.6 is 22.9 Å². The summed E-state index contributed by atoms with van der Waals surface area (Å²) < 4.78 is 1.16. The first-order chi connectivity index (χ1) is 6.79. The molecule has 14 heavy (non-hydrogen) atoms. The van der Waals surface area contributed by atoms with E-state index in [4.69, 9.17) is 17.3 Å². The van der Waals surface area contributed by atoms with Crippen molar-refractivity contribution < 1.29 is 0 Å². The number of anilines is 1. The Morgan fingerprint density at radius 2 is 2.29 bits per heavy atom. The number of fused-ring (bicyclic) bond motifs is 1. The Labute approximate surface area is 91.7 Å². The molecule has 0 aliphatic heterocycles. The Hall–Kier alpha value is -0.800. The van der Waals surface area contributed by atoms with E-state index in [1.807, 2.05) is 6.07 Å². The molecule has 0 aliphatic carbocycles. The fraction of sp³-hybridized carbons (Fsp3) is 0.300. The van der Waals surface area contributed by atoms with E-state index >= 15 is 0 Å². The molecule has 0 saturated carbocycles. The van der Waals surface area contributed by atoms with Crippen molar-refractivity contribution in [2.24, 2.45) is 0 Å². The number of hydrogen-bond acceptors (Lipinski definition) is 3. The number of rotatable bonds is 3. The number of aryl methyl sites for hydroxylation is 1. The molecule has 0 radical (unpaired) electrons. The highest BCUT2D eigenvalue weighted by atomic mass is 35.5. The van der Waals surface area contributed by atoms with Gasteiger partial charge in [-0.1, -0.05) is 17.4 Å². The van der Waals surface area contributed by atoms with Crippen LogP contribution in [0.5, 0.6) is 0 Å². The second kappa shape index (κ2) is 4.15. The monoisotopic (exact) mass is 226 g/mol. The topological polar surface area (TPSA) is 38.9 Å². The summed E-state index contributed by atoms with van der Waals surface area (Å²) in [5.74, 6) is 0.711. The highest BCUT2D eigenvalue weighted by Crippen LogP contribution is 2.24. The maximum atomic E-state index is 5.64. The lowest BCUT2D eigenvalue weighted by Crippen LogP contribution is -1.85. The zero-order chi connectivity index (χ0) is 9.97. The van der Waals surface area contributed by atoms with Crippen molar-refractivity contribution in [1.82, 2.24) is 4.98 Å². The number of halogens is 1. The largest absolute Gasteiger partial charge is 0.375 e. The van der Waals surface area contributed by atoms with Crippen molar-refractivity contribution in [3.63, 3.8) is 0 Å². The Morgan fingerprint density at radius 1 is 1.43 bits per heavy atom. The molecule has 2 aromatic rings. The van der Waals surface area contributed by atoms with Gasteiger partial charge in [0.05, 0.1) is 10.2 Å². The molecular formula is C10H11ClN2S. The Kier molecular flexibility index (Phi) is 2.89. The molecule has 4 heteroatoms. The van der Waals surface area contributed by atoms with E-state index in [9.17, 15) is 0 Å². The van der Waals surface area contributed by atoms with Crippen LogP contribution < -0.4 is 5.73 Å². The molecule has 0 aliphatic rings. The molecular weight excluding hydrogens is 216 g/mol. The van der Waals surface area contributed by atoms with Gasteiger partial charge in [0.25, 0.3) is 0 Å². The van der Waals surface area contributed by atoms with Crippen LogP contribution in [0.3, 0.4) is 0 Å². The summed E-state index contributed by atoms with van der Waals surface area (Å²) in [6, 6.07) is 6.26. The van der Waals surface area contributed by atoms with E-state index in [0.717, 1.165) is 23.1 Å². The molecule has 2 rings (SSSR count). The quantitative estimate of drug-likeness (QED) is 0.818. The predicted molar refractivity (Wildman–Crippen MR) is 63.1 cm³/mol. The van der Waals surface area contributed by atoms with Crippen molar-refractivity contribution in [2.75, 3.05) is 11.6 Å². The summed E-state index contributed by atoms with van der Waals surface area (Å²) in [6.45, 7) is 0. The Morgan fingerprint density at radius 3 is 3.07 bits per heavy atom. The molecule has 1 aromatic carbocycles. The van der Waals surface area contributed by atoms with Gasteiger partial charge in [0.1, 0.15) is 0 Å². The number of nitrogens with two attached hydrogens (primary N) is 1. The fourth-order valence-corrected chi connectivity index (χ4v) is 2.34. The molecule has 0 amide bonds. The van der Waals surface area contributed by atoms with Crippen molar-refractivity contribution in [1.29, 1.82) is 0 Å². The smallest absolute Gasteiger partial charge is 0.181 e. The van der Waals surface area contributed by atoms with E-state index in [1.165, 1.54) is 16.9 Å². The summed E-state index contributed by atoms with van der Waals surface area (Å²) in [4.78, 5) is 4.20. The number of aromatic nitrogens is 1. The van der Waals surface area contributed by atoms with Crippen LogP contribution in [-0.4, -0.2) is 10.9 Å².